The highest BCUT2D eigenvalue weighted by Gasteiger charge is 2.30. The minimum atomic E-state index is -4.44. The van der Waals surface area contributed by atoms with Crippen molar-refractivity contribution in [2.24, 2.45) is 5.73 Å². The molecule has 0 aliphatic heterocycles. The Balaban J connectivity index is 0.00000289. The van der Waals surface area contributed by atoms with E-state index in [1.807, 2.05) is 0 Å². The van der Waals surface area contributed by atoms with Gasteiger partial charge >= 0.3 is 6.18 Å². The maximum atomic E-state index is 12.9. The van der Waals surface area contributed by atoms with E-state index >= 15 is 0 Å². The number of halogens is 5. The fraction of sp³-hybridized carbons (Fsp3) is 0.273. The largest absolute Gasteiger partial charge is 0.487 e. The van der Waals surface area contributed by atoms with Crippen molar-refractivity contribution in [2.75, 3.05) is 13.2 Å². The highest BCUT2D eigenvalue weighted by molar-refractivity contribution is 5.85. The number of hydrogen-bond acceptors (Lipinski definition) is 2. The summed E-state index contributed by atoms with van der Waals surface area (Å²) in [5.74, 6) is -0.662. The molecule has 0 saturated heterocycles. The Kier molecular flexibility index (Phi) is 6.72. The Labute approximate surface area is 108 Å². The van der Waals surface area contributed by atoms with Crippen LogP contribution in [0, 0.1) is 0 Å². The second-order valence-corrected chi connectivity index (χ2v) is 3.20. The average Bonchev–Trinajstić information content (AvgIpc) is 2.26. The molecule has 0 fully saturated rings. The van der Waals surface area contributed by atoms with Gasteiger partial charge in [-0.15, -0.1) is 12.4 Å². The van der Waals surface area contributed by atoms with Gasteiger partial charge < -0.3 is 10.5 Å². The first-order valence-corrected chi connectivity index (χ1v) is 4.78. The fourth-order valence-electron chi connectivity index (χ4n) is 1.10. The SMILES string of the molecule is Cl.NC/C=C(\F)COc1cccc(C(F)(F)F)c1. The molecule has 2 N–H and O–H groups in total. The lowest BCUT2D eigenvalue weighted by atomic mass is 10.2. The Bertz CT molecular complexity index is 406. The third-order valence-electron chi connectivity index (χ3n) is 1.88. The summed E-state index contributed by atoms with van der Waals surface area (Å²) in [6.45, 7) is -0.420. The standard InChI is InChI=1S/C11H11F4NO.ClH/c12-9(4-5-16)7-17-10-3-1-2-8(6-10)11(13,14)15;/h1-4,6H,5,7,16H2;1H/b9-4-;. The number of nitrogens with two attached hydrogens (primary N) is 1. The minimum absolute atomic E-state index is 0. The molecular weight excluding hydrogens is 274 g/mol. The summed E-state index contributed by atoms with van der Waals surface area (Å²) < 4.78 is 54.7. The number of benzene rings is 1. The van der Waals surface area contributed by atoms with Crippen LogP contribution in [0.25, 0.3) is 0 Å². The second kappa shape index (κ2) is 7.23. The molecule has 0 spiro atoms. The van der Waals surface area contributed by atoms with E-state index in [9.17, 15) is 17.6 Å². The van der Waals surface area contributed by atoms with Crippen LogP contribution in [0.4, 0.5) is 17.6 Å². The molecular formula is C11H12ClF4NO. The van der Waals surface area contributed by atoms with Gasteiger partial charge in [0.2, 0.25) is 0 Å². The molecule has 2 nitrogen and oxygen atoms in total. The van der Waals surface area contributed by atoms with E-state index in [1.165, 1.54) is 12.1 Å². The zero-order chi connectivity index (χ0) is 12.9. The highest BCUT2D eigenvalue weighted by Crippen LogP contribution is 2.31. The van der Waals surface area contributed by atoms with E-state index in [0.717, 1.165) is 18.2 Å². The summed E-state index contributed by atoms with van der Waals surface area (Å²) in [4.78, 5) is 0. The Hall–Kier alpha value is -1.27. The van der Waals surface area contributed by atoms with Gasteiger partial charge in [-0.2, -0.15) is 13.2 Å². The van der Waals surface area contributed by atoms with Gasteiger partial charge in [0.25, 0.3) is 0 Å². The van der Waals surface area contributed by atoms with E-state index in [0.29, 0.717) is 0 Å². The van der Waals surface area contributed by atoms with Gasteiger partial charge in [0.1, 0.15) is 18.2 Å². The molecule has 1 aromatic carbocycles. The average molecular weight is 286 g/mol. The van der Waals surface area contributed by atoms with Gasteiger partial charge in [0, 0.05) is 6.54 Å². The van der Waals surface area contributed by atoms with Crippen molar-refractivity contribution in [1.82, 2.24) is 0 Å². The molecule has 0 aliphatic rings. The molecule has 0 atom stereocenters. The molecule has 0 saturated carbocycles. The van der Waals surface area contributed by atoms with Gasteiger partial charge in [-0.25, -0.2) is 4.39 Å². The van der Waals surface area contributed by atoms with Crippen LogP contribution in [0.3, 0.4) is 0 Å². The van der Waals surface area contributed by atoms with E-state index in [-0.39, 0.29) is 24.7 Å². The van der Waals surface area contributed by atoms with Crippen LogP contribution in [0.15, 0.2) is 36.2 Å². The van der Waals surface area contributed by atoms with E-state index in [1.54, 1.807) is 0 Å². The molecule has 1 aromatic rings. The molecule has 0 radical (unpaired) electrons. The van der Waals surface area contributed by atoms with Crippen LogP contribution < -0.4 is 10.5 Å². The highest BCUT2D eigenvalue weighted by atomic mass is 35.5. The summed E-state index contributed by atoms with van der Waals surface area (Å²) in [5, 5.41) is 0. The predicted octanol–water partition coefficient (Wildman–Crippen LogP) is 3.32. The lowest BCUT2D eigenvalue weighted by molar-refractivity contribution is -0.137. The Morgan fingerprint density at radius 1 is 1.33 bits per heavy atom. The van der Waals surface area contributed by atoms with E-state index in [4.69, 9.17) is 10.5 Å². The topological polar surface area (TPSA) is 35.2 Å². The fourth-order valence-corrected chi connectivity index (χ4v) is 1.10. The summed E-state index contributed by atoms with van der Waals surface area (Å²) in [5.41, 5.74) is 4.22. The van der Waals surface area contributed by atoms with Crippen molar-refractivity contribution in [2.45, 2.75) is 6.18 Å². The smallest absolute Gasteiger partial charge is 0.416 e. The first-order chi connectivity index (χ1) is 7.93. The van der Waals surface area contributed by atoms with Gasteiger partial charge in [-0.05, 0) is 24.3 Å². The lowest BCUT2D eigenvalue weighted by Gasteiger charge is -2.09. The van der Waals surface area contributed by atoms with Crippen molar-refractivity contribution in [3.05, 3.63) is 41.7 Å². The lowest BCUT2D eigenvalue weighted by Crippen LogP contribution is -2.06. The van der Waals surface area contributed by atoms with Crippen molar-refractivity contribution in [3.8, 4) is 5.75 Å². The summed E-state index contributed by atoms with van der Waals surface area (Å²) in [6.07, 6.45) is -3.35. The number of hydrogen-bond donors (Lipinski definition) is 1. The quantitative estimate of drug-likeness (QED) is 0.861. The zero-order valence-electron chi connectivity index (χ0n) is 9.21. The van der Waals surface area contributed by atoms with Crippen molar-refractivity contribution in [1.29, 1.82) is 0 Å². The molecule has 1 rings (SSSR count). The van der Waals surface area contributed by atoms with Gasteiger partial charge in [-0.3, -0.25) is 0 Å². The third-order valence-corrected chi connectivity index (χ3v) is 1.88. The number of rotatable bonds is 4. The maximum Gasteiger partial charge on any atom is 0.416 e. The molecule has 0 heterocycles. The van der Waals surface area contributed by atoms with Gasteiger partial charge in [0.05, 0.1) is 5.56 Å². The van der Waals surface area contributed by atoms with Crippen LogP contribution in [0.2, 0.25) is 0 Å². The first-order valence-electron chi connectivity index (χ1n) is 4.78. The number of ether oxygens (including phenoxy) is 1. The Morgan fingerprint density at radius 2 is 2.00 bits per heavy atom. The monoisotopic (exact) mass is 285 g/mol. The maximum absolute atomic E-state index is 12.9. The molecule has 0 bridgehead atoms. The first kappa shape index (κ1) is 16.7. The zero-order valence-corrected chi connectivity index (χ0v) is 10.0. The normalized spacial score (nSPS) is 11.9. The molecule has 0 amide bonds. The molecule has 102 valence electrons. The van der Waals surface area contributed by atoms with Gasteiger partial charge in [-0.1, -0.05) is 6.07 Å². The van der Waals surface area contributed by atoms with Crippen LogP contribution in [0.5, 0.6) is 5.75 Å². The van der Waals surface area contributed by atoms with E-state index < -0.39 is 24.2 Å². The molecule has 0 aliphatic carbocycles. The van der Waals surface area contributed by atoms with Crippen LogP contribution >= 0.6 is 12.4 Å². The summed E-state index contributed by atoms with van der Waals surface area (Å²) in [6, 6.07) is 4.25. The predicted molar refractivity (Wildman–Crippen MR) is 62.4 cm³/mol. The van der Waals surface area contributed by atoms with Gasteiger partial charge in [0.15, 0.2) is 0 Å². The van der Waals surface area contributed by atoms with Crippen molar-refractivity contribution in [3.63, 3.8) is 0 Å². The summed E-state index contributed by atoms with van der Waals surface area (Å²) in [7, 11) is 0. The van der Waals surface area contributed by atoms with Crippen LogP contribution in [-0.2, 0) is 6.18 Å². The van der Waals surface area contributed by atoms with Crippen LogP contribution in [0.1, 0.15) is 5.56 Å². The third kappa shape index (κ3) is 5.37. The molecule has 7 heteroatoms. The van der Waals surface area contributed by atoms with E-state index in [2.05, 4.69) is 0 Å². The minimum Gasteiger partial charge on any atom is -0.487 e. The molecule has 0 aromatic heterocycles. The van der Waals surface area contributed by atoms with Crippen LogP contribution in [-0.4, -0.2) is 13.2 Å². The Morgan fingerprint density at radius 3 is 2.56 bits per heavy atom. The second-order valence-electron chi connectivity index (χ2n) is 3.20. The van der Waals surface area contributed by atoms with Crippen molar-refractivity contribution >= 4 is 12.4 Å². The molecule has 0 unspecified atom stereocenters. The van der Waals surface area contributed by atoms with Crippen molar-refractivity contribution < 1.29 is 22.3 Å². The molecule has 18 heavy (non-hydrogen) atoms. The summed E-state index contributed by atoms with van der Waals surface area (Å²) >= 11 is 0. The number of alkyl halides is 3.